The third kappa shape index (κ3) is 4.51. The van der Waals surface area contributed by atoms with Crippen molar-refractivity contribution in [2.24, 2.45) is 0 Å². The molecule has 0 aliphatic carbocycles. The van der Waals surface area contributed by atoms with Crippen molar-refractivity contribution in [3.63, 3.8) is 0 Å². The molecule has 2 aliphatic heterocycles. The maximum atomic E-state index is 11.8. The minimum Gasteiger partial charge on any atom is -0.465 e. The van der Waals surface area contributed by atoms with E-state index in [1.807, 2.05) is 4.90 Å². The molecule has 2 fully saturated rings. The summed E-state index contributed by atoms with van der Waals surface area (Å²) in [6, 6.07) is 3.24. The van der Waals surface area contributed by atoms with Crippen LogP contribution in [0.15, 0.2) is 12.1 Å². The van der Waals surface area contributed by atoms with Crippen LogP contribution >= 0.6 is 11.6 Å². The molecule has 8 nitrogen and oxygen atoms in total. The summed E-state index contributed by atoms with van der Waals surface area (Å²) in [6.45, 7) is 4.75. The van der Waals surface area contributed by atoms with Crippen molar-refractivity contribution in [1.29, 1.82) is 0 Å². The Bertz CT molecular complexity index is 708. The van der Waals surface area contributed by atoms with E-state index in [9.17, 15) is 14.9 Å². The predicted molar refractivity (Wildman–Crippen MR) is 102 cm³/mol. The van der Waals surface area contributed by atoms with Gasteiger partial charge >= 0.3 is 5.97 Å². The van der Waals surface area contributed by atoms with Crippen LogP contribution in [-0.2, 0) is 9.47 Å². The van der Waals surface area contributed by atoms with Crippen LogP contribution in [0.5, 0.6) is 0 Å². The van der Waals surface area contributed by atoms with Gasteiger partial charge in [0.2, 0.25) is 0 Å². The summed E-state index contributed by atoms with van der Waals surface area (Å²) < 4.78 is 10.1. The monoisotopic (exact) mass is 397 g/mol. The standard InChI is InChI=1S/C18H24ClN3O5/c1-26-18(23)14-11-17(22(24)25)16(12-15(14)19)21-6-2-5-20(7-8-21)13-3-9-27-10-4-13/h11-13H,2-10H2,1H3. The van der Waals surface area contributed by atoms with Gasteiger partial charge < -0.3 is 14.4 Å². The van der Waals surface area contributed by atoms with E-state index in [0.29, 0.717) is 24.8 Å². The summed E-state index contributed by atoms with van der Waals surface area (Å²) in [5.74, 6) is -0.684. The van der Waals surface area contributed by atoms with E-state index in [0.717, 1.165) is 45.6 Å². The molecule has 1 aromatic carbocycles. The summed E-state index contributed by atoms with van der Waals surface area (Å²) in [7, 11) is 1.22. The molecule has 0 spiro atoms. The number of benzene rings is 1. The zero-order valence-corrected chi connectivity index (χ0v) is 16.1. The van der Waals surface area contributed by atoms with Gasteiger partial charge in [0, 0.05) is 51.5 Å². The second-order valence-electron chi connectivity index (χ2n) is 6.79. The quantitative estimate of drug-likeness (QED) is 0.438. The molecule has 27 heavy (non-hydrogen) atoms. The Labute approximate surface area is 163 Å². The number of esters is 1. The maximum Gasteiger partial charge on any atom is 0.339 e. The summed E-state index contributed by atoms with van der Waals surface area (Å²) in [5, 5.41) is 11.8. The predicted octanol–water partition coefficient (Wildman–Crippen LogP) is 2.73. The van der Waals surface area contributed by atoms with E-state index >= 15 is 0 Å². The first-order chi connectivity index (χ1) is 13.0. The third-order valence-corrected chi connectivity index (χ3v) is 5.56. The summed E-state index contributed by atoms with van der Waals surface area (Å²) in [6.07, 6.45) is 2.96. The lowest BCUT2D eigenvalue weighted by Gasteiger charge is -2.33. The highest BCUT2D eigenvalue weighted by Crippen LogP contribution is 2.35. The molecule has 2 aliphatic rings. The van der Waals surface area contributed by atoms with Crippen LogP contribution in [0.3, 0.4) is 0 Å². The average molecular weight is 398 g/mol. The fourth-order valence-corrected chi connectivity index (χ4v) is 4.05. The third-order valence-electron chi connectivity index (χ3n) is 5.24. The summed E-state index contributed by atoms with van der Waals surface area (Å²) in [5.41, 5.74) is 0.332. The van der Waals surface area contributed by atoms with E-state index in [1.165, 1.54) is 19.2 Å². The number of nitrogens with zero attached hydrogens (tertiary/aromatic N) is 3. The number of nitro groups is 1. The maximum absolute atomic E-state index is 11.8. The molecule has 1 aromatic rings. The Morgan fingerprint density at radius 2 is 2.00 bits per heavy atom. The van der Waals surface area contributed by atoms with Crippen molar-refractivity contribution in [1.82, 2.24) is 4.90 Å². The van der Waals surface area contributed by atoms with Crippen molar-refractivity contribution in [3.05, 3.63) is 32.8 Å². The molecule has 0 aromatic heterocycles. The molecular formula is C18H24ClN3O5. The average Bonchev–Trinajstić information content (AvgIpc) is 2.94. The molecule has 0 bridgehead atoms. The number of hydrogen-bond donors (Lipinski definition) is 0. The van der Waals surface area contributed by atoms with E-state index in [1.54, 1.807) is 0 Å². The second kappa shape index (κ2) is 8.86. The highest BCUT2D eigenvalue weighted by molar-refractivity contribution is 6.34. The minimum atomic E-state index is -0.684. The molecule has 0 saturated carbocycles. The summed E-state index contributed by atoms with van der Waals surface area (Å²) in [4.78, 5) is 27.4. The number of anilines is 1. The van der Waals surface area contributed by atoms with Gasteiger partial charge in [0.25, 0.3) is 5.69 Å². The number of rotatable bonds is 4. The van der Waals surface area contributed by atoms with Gasteiger partial charge in [-0.1, -0.05) is 11.6 Å². The van der Waals surface area contributed by atoms with E-state index in [-0.39, 0.29) is 16.3 Å². The lowest BCUT2D eigenvalue weighted by atomic mass is 10.1. The van der Waals surface area contributed by atoms with Gasteiger partial charge in [-0.2, -0.15) is 0 Å². The van der Waals surface area contributed by atoms with Crippen LogP contribution in [0, 0.1) is 10.1 Å². The first-order valence-corrected chi connectivity index (χ1v) is 9.52. The molecule has 0 N–H and O–H groups in total. The first-order valence-electron chi connectivity index (χ1n) is 9.14. The Hall–Kier alpha value is -1.90. The zero-order valence-electron chi connectivity index (χ0n) is 15.4. The molecule has 0 atom stereocenters. The van der Waals surface area contributed by atoms with Crippen molar-refractivity contribution in [3.8, 4) is 0 Å². The molecule has 9 heteroatoms. The van der Waals surface area contributed by atoms with Crippen LogP contribution in [0.1, 0.15) is 29.6 Å². The van der Waals surface area contributed by atoms with Crippen molar-refractivity contribution < 1.29 is 19.2 Å². The van der Waals surface area contributed by atoms with Gasteiger partial charge in [0.15, 0.2) is 0 Å². The lowest BCUT2D eigenvalue weighted by molar-refractivity contribution is -0.384. The Morgan fingerprint density at radius 3 is 2.67 bits per heavy atom. The molecule has 0 radical (unpaired) electrons. The number of ether oxygens (including phenoxy) is 2. The number of carbonyl (C=O) groups excluding carboxylic acids is 1. The molecule has 3 rings (SSSR count). The minimum absolute atomic E-state index is 0.00766. The van der Waals surface area contributed by atoms with Crippen molar-refractivity contribution >= 4 is 28.9 Å². The van der Waals surface area contributed by atoms with Crippen LogP contribution in [0.25, 0.3) is 0 Å². The van der Waals surface area contributed by atoms with E-state index < -0.39 is 10.9 Å². The fraction of sp³-hybridized carbons (Fsp3) is 0.611. The smallest absolute Gasteiger partial charge is 0.339 e. The highest BCUT2D eigenvalue weighted by atomic mass is 35.5. The molecule has 2 heterocycles. The SMILES string of the molecule is COC(=O)c1cc([N+](=O)[O-])c(N2CCCN(C3CCOCC3)CC2)cc1Cl. The highest BCUT2D eigenvalue weighted by Gasteiger charge is 2.28. The number of carbonyl (C=O) groups is 1. The number of hydrogen-bond acceptors (Lipinski definition) is 7. The molecule has 2 saturated heterocycles. The summed E-state index contributed by atoms with van der Waals surface area (Å²) >= 11 is 6.22. The second-order valence-corrected chi connectivity index (χ2v) is 7.20. The largest absolute Gasteiger partial charge is 0.465 e. The van der Waals surface area contributed by atoms with Crippen LogP contribution in [-0.4, -0.2) is 68.3 Å². The van der Waals surface area contributed by atoms with Crippen molar-refractivity contribution in [2.45, 2.75) is 25.3 Å². The Balaban J connectivity index is 1.81. The van der Waals surface area contributed by atoms with Crippen LogP contribution in [0.4, 0.5) is 11.4 Å². The lowest BCUT2D eigenvalue weighted by Crippen LogP contribution is -2.41. The Kier molecular flexibility index (Phi) is 6.51. The van der Waals surface area contributed by atoms with Gasteiger partial charge in [-0.3, -0.25) is 15.0 Å². The first kappa shape index (κ1) is 19.9. The molecule has 0 amide bonds. The van der Waals surface area contributed by atoms with Gasteiger partial charge in [-0.05, 0) is 25.3 Å². The number of methoxy groups -OCH3 is 1. The topological polar surface area (TPSA) is 85.1 Å². The molecule has 0 unspecified atom stereocenters. The van der Waals surface area contributed by atoms with Crippen LogP contribution < -0.4 is 4.90 Å². The normalized spacial score (nSPS) is 19.6. The van der Waals surface area contributed by atoms with E-state index in [4.69, 9.17) is 16.3 Å². The van der Waals surface area contributed by atoms with Crippen LogP contribution in [0.2, 0.25) is 5.02 Å². The van der Waals surface area contributed by atoms with Gasteiger partial charge in [0.05, 0.1) is 22.6 Å². The fourth-order valence-electron chi connectivity index (χ4n) is 3.81. The number of halogens is 1. The van der Waals surface area contributed by atoms with Gasteiger partial charge in [-0.15, -0.1) is 0 Å². The molecular weight excluding hydrogens is 374 g/mol. The number of nitro benzene ring substituents is 1. The van der Waals surface area contributed by atoms with E-state index in [2.05, 4.69) is 9.64 Å². The van der Waals surface area contributed by atoms with Gasteiger partial charge in [0.1, 0.15) is 5.69 Å². The van der Waals surface area contributed by atoms with Crippen molar-refractivity contribution in [2.75, 3.05) is 51.4 Å². The van der Waals surface area contributed by atoms with Gasteiger partial charge in [-0.25, -0.2) is 4.79 Å². The molecule has 148 valence electrons. The zero-order chi connectivity index (χ0) is 19.4. The Morgan fingerprint density at radius 1 is 1.26 bits per heavy atom.